The average molecular weight is 351 g/mol. The highest BCUT2D eigenvalue weighted by atomic mass is 16.2. The number of carbonyl (C=O) groups is 3. The molecule has 0 saturated carbocycles. The maximum atomic E-state index is 12.2. The maximum Gasteiger partial charge on any atom is 0.261 e. The van der Waals surface area contributed by atoms with Gasteiger partial charge in [0.2, 0.25) is 5.91 Å². The molecule has 1 aliphatic heterocycles. The van der Waals surface area contributed by atoms with Gasteiger partial charge in [-0.3, -0.25) is 24.3 Å². The Hall–Kier alpha value is -3.02. The van der Waals surface area contributed by atoms with Crippen LogP contribution in [0.1, 0.15) is 45.5 Å². The summed E-state index contributed by atoms with van der Waals surface area (Å²) in [5, 5.41) is 2.87. The number of rotatable bonds is 8. The van der Waals surface area contributed by atoms with Gasteiger partial charge in [-0.1, -0.05) is 18.2 Å². The molecule has 1 aromatic heterocycles. The third kappa shape index (κ3) is 4.14. The van der Waals surface area contributed by atoms with Crippen LogP contribution in [-0.4, -0.2) is 40.7 Å². The van der Waals surface area contributed by atoms with E-state index < -0.39 is 0 Å². The van der Waals surface area contributed by atoms with Crippen molar-refractivity contribution in [3.63, 3.8) is 0 Å². The van der Waals surface area contributed by atoms with E-state index in [0.29, 0.717) is 30.5 Å². The maximum absolute atomic E-state index is 12.2. The quantitative estimate of drug-likeness (QED) is 0.584. The highest BCUT2D eigenvalue weighted by Gasteiger charge is 2.34. The molecule has 0 saturated heterocycles. The standard InChI is InChI=1S/C20H21N3O3/c24-18(22-12-4-7-15-6-3-11-21-14-15)10-5-13-23-19(25)16-8-1-2-9-17(16)20(23)26/h1-3,6,8-9,11,14H,4-5,7,10,12-13H2,(H,22,24). The lowest BCUT2D eigenvalue weighted by atomic mass is 10.1. The highest BCUT2D eigenvalue weighted by Crippen LogP contribution is 2.22. The molecule has 0 bridgehead atoms. The largest absolute Gasteiger partial charge is 0.356 e. The first-order valence-electron chi connectivity index (χ1n) is 8.77. The van der Waals surface area contributed by atoms with Crippen LogP contribution in [0.15, 0.2) is 48.8 Å². The molecule has 0 fully saturated rings. The number of fused-ring (bicyclic) bond motifs is 1. The molecule has 2 heterocycles. The third-order valence-corrected chi connectivity index (χ3v) is 4.35. The second-order valence-electron chi connectivity index (χ2n) is 6.23. The zero-order valence-electron chi connectivity index (χ0n) is 14.5. The molecule has 1 N–H and O–H groups in total. The van der Waals surface area contributed by atoms with E-state index in [1.807, 2.05) is 18.3 Å². The van der Waals surface area contributed by atoms with Crippen LogP contribution < -0.4 is 5.32 Å². The van der Waals surface area contributed by atoms with Crippen LogP contribution in [-0.2, 0) is 11.2 Å². The van der Waals surface area contributed by atoms with Gasteiger partial charge >= 0.3 is 0 Å². The van der Waals surface area contributed by atoms with E-state index in [1.54, 1.807) is 30.5 Å². The van der Waals surface area contributed by atoms with Crippen molar-refractivity contribution in [2.75, 3.05) is 13.1 Å². The number of hydrogen-bond donors (Lipinski definition) is 1. The van der Waals surface area contributed by atoms with Gasteiger partial charge in [-0.05, 0) is 43.0 Å². The second kappa shape index (κ2) is 8.38. The monoisotopic (exact) mass is 351 g/mol. The predicted octanol–water partition coefficient (Wildman–Crippen LogP) is 2.21. The van der Waals surface area contributed by atoms with Gasteiger partial charge in [0.05, 0.1) is 11.1 Å². The summed E-state index contributed by atoms with van der Waals surface area (Å²) < 4.78 is 0. The number of hydrogen-bond acceptors (Lipinski definition) is 4. The number of aromatic nitrogens is 1. The van der Waals surface area contributed by atoms with Crippen LogP contribution in [0, 0.1) is 0 Å². The average Bonchev–Trinajstić information content (AvgIpc) is 2.91. The Balaban J connectivity index is 1.35. The van der Waals surface area contributed by atoms with Crippen LogP contribution in [0.2, 0.25) is 0 Å². The summed E-state index contributed by atoms with van der Waals surface area (Å²) in [5.74, 6) is -0.613. The Morgan fingerprint density at radius 1 is 1.00 bits per heavy atom. The zero-order valence-corrected chi connectivity index (χ0v) is 14.5. The van der Waals surface area contributed by atoms with Crippen LogP contribution in [0.25, 0.3) is 0 Å². The lowest BCUT2D eigenvalue weighted by Gasteiger charge is -2.13. The summed E-state index contributed by atoms with van der Waals surface area (Å²) in [4.78, 5) is 41.6. The topological polar surface area (TPSA) is 79.4 Å². The fourth-order valence-electron chi connectivity index (χ4n) is 2.99. The van der Waals surface area contributed by atoms with E-state index >= 15 is 0 Å². The minimum atomic E-state index is -0.275. The molecule has 2 aromatic rings. The van der Waals surface area contributed by atoms with E-state index in [9.17, 15) is 14.4 Å². The summed E-state index contributed by atoms with van der Waals surface area (Å²) in [6.07, 6.45) is 6.02. The minimum absolute atomic E-state index is 0.0622. The van der Waals surface area contributed by atoms with E-state index in [0.717, 1.165) is 18.4 Å². The zero-order chi connectivity index (χ0) is 18.4. The summed E-state index contributed by atoms with van der Waals surface area (Å²) in [7, 11) is 0. The van der Waals surface area contributed by atoms with Gasteiger partial charge < -0.3 is 5.32 Å². The Morgan fingerprint density at radius 2 is 1.73 bits per heavy atom. The Kier molecular flexibility index (Phi) is 5.73. The molecule has 0 unspecified atom stereocenters. The molecule has 26 heavy (non-hydrogen) atoms. The van der Waals surface area contributed by atoms with Crippen molar-refractivity contribution >= 4 is 17.7 Å². The van der Waals surface area contributed by atoms with Crippen LogP contribution in [0.3, 0.4) is 0 Å². The molecule has 0 atom stereocenters. The number of nitrogens with one attached hydrogen (secondary N) is 1. The lowest BCUT2D eigenvalue weighted by molar-refractivity contribution is -0.121. The third-order valence-electron chi connectivity index (χ3n) is 4.35. The number of nitrogens with zero attached hydrogens (tertiary/aromatic N) is 2. The molecule has 1 aromatic carbocycles. The minimum Gasteiger partial charge on any atom is -0.356 e. The fourth-order valence-corrected chi connectivity index (χ4v) is 2.99. The number of benzene rings is 1. The first-order valence-corrected chi connectivity index (χ1v) is 8.77. The van der Waals surface area contributed by atoms with Crippen molar-refractivity contribution in [3.05, 3.63) is 65.5 Å². The molecule has 3 rings (SSSR count). The van der Waals surface area contributed by atoms with Crippen LogP contribution >= 0.6 is 0 Å². The van der Waals surface area contributed by atoms with Gasteiger partial charge in [0.1, 0.15) is 0 Å². The molecule has 0 spiro atoms. The van der Waals surface area contributed by atoms with Crippen molar-refractivity contribution in [1.82, 2.24) is 15.2 Å². The summed E-state index contributed by atoms with van der Waals surface area (Å²) in [6.45, 7) is 0.857. The predicted molar refractivity (Wildman–Crippen MR) is 96.6 cm³/mol. The van der Waals surface area contributed by atoms with Gasteiger partial charge in [0, 0.05) is 31.9 Å². The van der Waals surface area contributed by atoms with E-state index in [4.69, 9.17) is 0 Å². The number of amides is 3. The molecular formula is C20H21N3O3. The van der Waals surface area contributed by atoms with Crippen molar-refractivity contribution in [3.8, 4) is 0 Å². The number of pyridine rings is 1. The van der Waals surface area contributed by atoms with Crippen LogP contribution in [0.5, 0.6) is 0 Å². The first-order chi connectivity index (χ1) is 12.7. The summed E-state index contributed by atoms with van der Waals surface area (Å²) in [6, 6.07) is 10.7. The van der Waals surface area contributed by atoms with E-state index in [1.165, 1.54) is 4.90 Å². The molecule has 6 heteroatoms. The lowest BCUT2D eigenvalue weighted by Crippen LogP contribution is -2.32. The van der Waals surface area contributed by atoms with E-state index in [2.05, 4.69) is 10.3 Å². The molecule has 0 radical (unpaired) electrons. The van der Waals surface area contributed by atoms with Crippen molar-refractivity contribution in [2.45, 2.75) is 25.7 Å². The molecule has 134 valence electrons. The van der Waals surface area contributed by atoms with Gasteiger partial charge in [-0.25, -0.2) is 0 Å². The SMILES string of the molecule is O=C(CCCN1C(=O)c2ccccc2C1=O)NCCCc1cccnc1. The van der Waals surface area contributed by atoms with Crippen molar-refractivity contribution < 1.29 is 14.4 Å². The van der Waals surface area contributed by atoms with Crippen molar-refractivity contribution in [2.24, 2.45) is 0 Å². The Bertz CT molecular complexity index is 770. The second-order valence-corrected chi connectivity index (χ2v) is 6.23. The van der Waals surface area contributed by atoms with Gasteiger partial charge in [-0.2, -0.15) is 0 Å². The van der Waals surface area contributed by atoms with E-state index in [-0.39, 0.29) is 24.3 Å². The normalized spacial score (nSPS) is 13.0. The van der Waals surface area contributed by atoms with Gasteiger partial charge in [0.15, 0.2) is 0 Å². The summed E-state index contributed by atoms with van der Waals surface area (Å²) >= 11 is 0. The van der Waals surface area contributed by atoms with Gasteiger partial charge in [-0.15, -0.1) is 0 Å². The number of aryl methyl sites for hydroxylation is 1. The van der Waals surface area contributed by atoms with Gasteiger partial charge in [0.25, 0.3) is 11.8 Å². The Labute approximate surface area is 152 Å². The molecular weight excluding hydrogens is 330 g/mol. The van der Waals surface area contributed by atoms with Crippen LogP contribution in [0.4, 0.5) is 0 Å². The molecule has 3 amide bonds. The highest BCUT2D eigenvalue weighted by molar-refractivity contribution is 6.21. The molecule has 6 nitrogen and oxygen atoms in total. The molecule has 1 aliphatic rings. The Morgan fingerprint density at radius 3 is 2.38 bits per heavy atom. The number of carbonyl (C=O) groups excluding carboxylic acids is 3. The molecule has 0 aliphatic carbocycles. The fraction of sp³-hybridized carbons (Fsp3) is 0.300. The van der Waals surface area contributed by atoms with Crippen molar-refractivity contribution in [1.29, 1.82) is 0 Å². The first kappa shape index (κ1) is 17.8. The number of imide groups is 1. The smallest absolute Gasteiger partial charge is 0.261 e. The summed E-state index contributed by atoms with van der Waals surface area (Å²) in [5.41, 5.74) is 2.03.